The number of hydrogen-bond donors (Lipinski definition) is 1. The minimum absolute atomic E-state index is 0.0876. The third-order valence-corrected chi connectivity index (χ3v) is 4.02. The van der Waals surface area contributed by atoms with Crippen molar-refractivity contribution in [2.75, 3.05) is 0 Å². The molecular weight excluding hydrogens is 304 g/mol. The predicted molar refractivity (Wildman–Crippen MR) is 92.0 cm³/mol. The van der Waals surface area contributed by atoms with Gasteiger partial charge in [-0.25, -0.2) is 0 Å². The van der Waals surface area contributed by atoms with Crippen LogP contribution in [0.2, 0.25) is 0 Å². The fraction of sp³-hybridized carbons (Fsp3) is 0.300. The van der Waals surface area contributed by atoms with Crippen LogP contribution >= 0.6 is 0 Å². The fourth-order valence-corrected chi connectivity index (χ4v) is 2.23. The number of esters is 1. The van der Waals surface area contributed by atoms with Gasteiger partial charge in [-0.15, -0.1) is 0 Å². The van der Waals surface area contributed by atoms with Gasteiger partial charge in [-0.1, -0.05) is 48.5 Å². The summed E-state index contributed by atoms with van der Waals surface area (Å²) in [5, 5.41) is 9.44. The molecule has 0 saturated heterocycles. The summed E-state index contributed by atoms with van der Waals surface area (Å²) in [4.78, 5) is 24.7. The quantitative estimate of drug-likeness (QED) is 0.653. The molecule has 2 aromatic rings. The molecule has 0 aliphatic rings. The minimum Gasteiger partial charge on any atom is -0.459 e. The van der Waals surface area contributed by atoms with E-state index in [9.17, 15) is 14.7 Å². The topological polar surface area (TPSA) is 63.6 Å². The summed E-state index contributed by atoms with van der Waals surface area (Å²) >= 11 is 0. The first-order chi connectivity index (χ1) is 11.4. The number of rotatable bonds is 6. The van der Waals surface area contributed by atoms with Crippen LogP contribution in [0.3, 0.4) is 0 Å². The Morgan fingerprint density at radius 3 is 2.17 bits per heavy atom. The van der Waals surface area contributed by atoms with E-state index in [4.69, 9.17) is 4.74 Å². The highest BCUT2D eigenvalue weighted by molar-refractivity contribution is 6.09. The second-order valence-corrected chi connectivity index (χ2v) is 5.92. The van der Waals surface area contributed by atoms with Crippen LogP contribution in [0.15, 0.2) is 54.6 Å². The van der Waals surface area contributed by atoms with Gasteiger partial charge >= 0.3 is 5.97 Å². The summed E-state index contributed by atoms with van der Waals surface area (Å²) in [6, 6.07) is 16.0. The molecule has 2 rings (SSSR count). The number of aliphatic hydroxyl groups excluding tert-OH is 1. The summed E-state index contributed by atoms with van der Waals surface area (Å²) in [5.41, 5.74) is 1.84. The van der Waals surface area contributed by atoms with E-state index in [0.29, 0.717) is 16.7 Å². The first-order valence-corrected chi connectivity index (χ1v) is 7.98. The summed E-state index contributed by atoms with van der Waals surface area (Å²) < 4.78 is 5.24. The van der Waals surface area contributed by atoms with Crippen molar-refractivity contribution >= 4 is 11.8 Å². The number of ether oxygens (including phenoxy) is 1. The monoisotopic (exact) mass is 326 g/mol. The van der Waals surface area contributed by atoms with Crippen LogP contribution in [-0.2, 0) is 9.53 Å². The highest BCUT2D eigenvalue weighted by Crippen LogP contribution is 2.21. The van der Waals surface area contributed by atoms with Crippen LogP contribution in [0.5, 0.6) is 0 Å². The lowest BCUT2D eigenvalue weighted by atomic mass is 9.96. The Kier molecular flexibility index (Phi) is 5.88. The maximum Gasteiger partial charge on any atom is 0.313 e. The van der Waals surface area contributed by atoms with Gasteiger partial charge in [0.15, 0.2) is 5.78 Å². The average Bonchev–Trinajstić information content (AvgIpc) is 2.61. The Balaban J connectivity index is 2.18. The number of ketones is 1. The molecule has 126 valence electrons. The normalized spacial score (nSPS) is 14.5. The zero-order valence-electron chi connectivity index (χ0n) is 14.1. The van der Waals surface area contributed by atoms with Gasteiger partial charge in [0, 0.05) is 11.1 Å². The summed E-state index contributed by atoms with van der Waals surface area (Å²) in [6.45, 7) is 4.94. The molecule has 0 bridgehead atoms. The lowest BCUT2D eigenvalue weighted by Crippen LogP contribution is -2.28. The van der Waals surface area contributed by atoms with E-state index in [1.165, 1.54) is 0 Å². The number of aliphatic hydroxyl groups is 1. The van der Waals surface area contributed by atoms with Gasteiger partial charge in [0.25, 0.3) is 0 Å². The molecule has 4 heteroatoms. The van der Waals surface area contributed by atoms with Gasteiger partial charge in [-0.3, -0.25) is 9.59 Å². The van der Waals surface area contributed by atoms with Crippen molar-refractivity contribution in [3.8, 4) is 0 Å². The van der Waals surface area contributed by atoms with Crippen LogP contribution in [-0.4, -0.2) is 29.1 Å². The van der Waals surface area contributed by atoms with Crippen molar-refractivity contribution < 1.29 is 19.4 Å². The van der Waals surface area contributed by atoms with E-state index in [1.54, 1.807) is 57.2 Å². The molecule has 3 atom stereocenters. The molecule has 0 amide bonds. The minimum atomic E-state index is -0.729. The molecule has 0 aromatic heterocycles. The van der Waals surface area contributed by atoms with Crippen molar-refractivity contribution in [3.63, 3.8) is 0 Å². The summed E-state index contributed by atoms with van der Waals surface area (Å²) in [7, 11) is 0. The molecule has 0 radical (unpaired) electrons. The second kappa shape index (κ2) is 7.88. The predicted octanol–water partition coefficient (Wildman–Crippen LogP) is 3.33. The van der Waals surface area contributed by atoms with E-state index in [0.717, 1.165) is 0 Å². The van der Waals surface area contributed by atoms with Gasteiger partial charge in [-0.05, 0) is 32.4 Å². The summed E-state index contributed by atoms with van der Waals surface area (Å²) in [5.74, 6) is -1.03. The SMILES string of the molecule is CC(C(=O)OC(C)C(C)O)c1cccc(C(=O)c2ccccc2)c1. The Morgan fingerprint density at radius 2 is 1.54 bits per heavy atom. The molecule has 0 spiro atoms. The smallest absolute Gasteiger partial charge is 0.313 e. The number of hydrogen-bond acceptors (Lipinski definition) is 4. The van der Waals surface area contributed by atoms with Crippen LogP contribution in [0, 0.1) is 0 Å². The molecule has 0 fully saturated rings. The van der Waals surface area contributed by atoms with E-state index in [1.807, 2.05) is 18.2 Å². The number of carbonyl (C=O) groups excluding carboxylic acids is 2. The van der Waals surface area contributed by atoms with Crippen LogP contribution < -0.4 is 0 Å². The van der Waals surface area contributed by atoms with E-state index in [-0.39, 0.29) is 5.78 Å². The van der Waals surface area contributed by atoms with Crippen molar-refractivity contribution in [1.29, 1.82) is 0 Å². The number of benzene rings is 2. The standard InChI is InChI=1S/C20H22O4/c1-13(20(23)24-15(3)14(2)21)17-10-7-11-18(12-17)19(22)16-8-5-4-6-9-16/h4-15,21H,1-3H3. The second-order valence-electron chi connectivity index (χ2n) is 5.92. The molecule has 3 unspecified atom stereocenters. The Labute approximate surface area is 142 Å². The van der Waals surface area contributed by atoms with Crippen LogP contribution in [0.4, 0.5) is 0 Å². The molecule has 24 heavy (non-hydrogen) atoms. The zero-order chi connectivity index (χ0) is 17.7. The molecule has 1 N–H and O–H groups in total. The van der Waals surface area contributed by atoms with Crippen LogP contribution in [0.1, 0.15) is 48.2 Å². The van der Waals surface area contributed by atoms with Crippen LogP contribution in [0.25, 0.3) is 0 Å². The largest absolute Gasteiger partial charge is 0.459 e. The first-order valence-electron chi connectivity index (χ1n) is 7.98. The third-order valence-electron chi connectivity index (χ3n) is 4.02. The molecular formula is C20H22O4. The van der Waals surface area contributed by atoms with Gasteiger partial charge < -0.3 is 9.84 Å². The molecule has 0 heterocycles. The molecule has 4 nitrogen and oxygen atoms in total. The Morgan fingerprint density at radius 1 is 0.917 bits per heavy atom. The van der Waals surface area contributed by atoms with Gasteiger partial charge in [0.2, 0.25) is 0 Å². The fourth-order valence-electron chi connectivity index (χ4n) is 2.23. The van der Waals surface area contributed by atoms with Crippen molar-refractivity contribution in [2.24, 2.45) is 0 Å². The lowest BCUT2D eigenvalue weighted by molar-refractivity contribution is -0.154. The Hall–Kier alpha value is -2.46. The van der Waals surface area contributed by atoms with Crippen molar-refractivity contribution in [2.45, 2.75) is 38.9 Å². The average molecular weight is 326 g/mol. The lowest BCUT2D eigenvalue weighted by Gasteiger charge is -2.19. The summed E-state index contributed by atoms with van der Waals surface area (Å²) in [6.07, 6.45) is -1.30. The molecule has 0 aliphatic carbocycles. The molecule has 0 aliphatic heterocycles. The van der Waals surface area contributed by atoms with Gasteiger partial charge in [-0.2, -0.15) is 0 Å². The van der Waals surface area contributed by atoms with E-state index in [2.05, 4.69) is 0 Å². The maximum absolute atomic E-state index is 12.5. The van der Waals surface area contributed by atoms with Crippen molar-refractivity contribution in [1.82, 2.24) is 0 Å². The van der Waals surface area contributed by atoms with E-state index < -0.39 is 24.1 Å². The molecule has 0 saturated carbocycles. The maximum atomic E-state index is 12.5. The third kappa shape index (κ3) is 4.30. The van der Waals surface area contributed by atoms with Gasteiger partial charge in [0.05, 0.1) is 12.0 Å². The highest BCUT2D eigenvalue weighted by atomic mass is 16.6. The van der Waals surface area contributed by atoms with E-state index >= 15 is 0 Å². The highest BCUT2D eigenvalue weighted by Gasteiger charge is 2.22. The molecule has 2 aromatic carbocycles. The van der Waals surface area contributed by atoms with Gasteiger partial charge in [0.1, 0.15) is 6.10 Å². The first kappa shape index (κ1) is 17.9. The zero-order valence-corrected chi connectivity index (χ0v) is 14.1. The Bertz CT molecular complexity index is 707. The number of carbonyl (C=O) groups is 2. The van der Waals surface area contributed by atoms with Crippen molar-refractivity contribution in [3.05, 3.63) is 71.3 Å².